The summed E-state index contributed by atoms with van der Waals surface area (Å²) >= 11 is 0. The van der Waals surface area contributed by atoms with E-state index >= 15 is 0 Å². The molecular formula is C11H8FNO3. The number of fused-ring (bicyclic) bond motifs is 1. The number of nitrogens with one attached hydrogen (secondary N) is 1. The lowest BCUT2D eigenvalue weighted by atomic mass is 10.1. The first kappa shape index (κ1) is 10.4. The van der Waals surface area contributed by atoms with E-state index in [-0.39, 0.29) is 11.1 Å². The van der Waals surface area contributed by atoms with Crippen LogP contribution in [0.4, 0.5) is 4.39 Å². The predicted octanol–water partition coefficient (Wildman–Crippen LogP) is 1.67. The number of hydrogen-bond donors (Lipinski definition) is 2. The fourth-order valence-electron chi connectivity index (χ4n) is 1.62. The third-order valence-corrected chi connectivity index (χ3v) is 2.36. The highest BCUT2D eigenvalue weighted by Gasteiger charge is 2.10. The predicted molar refractivity (Wildman–Crippen MR) is 56.2 cm³/mol. The quantitative estimate of drug-likeness (QED) is 0.769. The normalized spacial score (nSPS) is 10.6. The topological polar surface area (TPSA) is 70.2 Å². The highest BCUT2D eigenvalue weighted by atomic mass is 19.1. The van der Waals surface area contributed by atoms with Crippen molar-refractivity contribution in [3.05, 3.63) is 45.6 Å². The number of carboxylic acids is 1. The summed E-state index contributed by atoms with van der Waals surface area (Å²) in [7, 11) is 0. The maximum absolute atomic E-state index is 13.1. The van der Waals surface area contributed by atoms with Gasteiger partial charge in [0, 0.05) is 0 Å². The molecule has 0 atom stereocenters. The Bertz CT molecular complexity index is 645. The van der Waals surface area contributed by atoms with E-state index in [1.54, 1.807) is 6.92 Å². The first-order chi connectivity index (χ1) is 7.49. The van der Waals surface area contributed by atoms with E-state index in [1.807, 2.05) is 0 Å². The van der Waals surface area contributed by atoms with Gasteiger partial charge >= 0.3 is 5.97 Å². The molecule has 0 spiro atoms. The maximum atomic E-state index is 13.1. The molecule has 0 aliphatic rings. The van der Waals surface area contributed by atoms with Gasteiger partial charge in [-0.15, -0.1) is 0 Å². The lowest BCUT2D eigenvalue weighted by molar-refractivity contribution is 0.0690. The van der Waals surface area contributed by atoms with Crippen molar-refractivity contribution < 1.29 is 14.3 Å². The number of carboxylic acid groups (broad SMARTS) is 1. The van der Waals surface area contributed by atoms with Crippen molar-refractivity contribution in [3.8, 4) is 0 Å². The monoisotopic (exact) mass is 221 g/mol. The second-order valence-electron chi connectivity index (χ2n) is 3.50. The number of halogens is 1. The third-order valence-electron chi connectivity index (χ3n) is 2.36. The molecule has 2 aromatic rings. The first-order valence-corrected chi connectivity index (χ1v) is 4.55. The lowest BCUT2D eigenvalue weighted by Gasteiger charge is -2.03. The minimum absolute atomic E-state index is 0.155. The zero-order chi connectivity index (χ0) is 11.9. The van der Waals surface area contributed by atoms with Crippen LogP contribution in [0.2, 0.25) is 0 Å². The van der Waals surface area contributed by atoms with E-state index in [4.69, 9.17) is 5.11 Å². The van der Waals surface area contributed by atoms with E-state index < -0.39 is 17.3 Å². The number of H-pyrrole nitrogens is 1. The molecule has 5 heteroatoms. The molecule has 0 unspecified atom stereocenters. The van der Waals surface area contributed by atoms with E-state index in [0.717, 1.165) is 6.07 Å². The number of pyridine rings is 1. The molecule has 2 N–H and O–H groups in total. The Morgan fingerprint density at radius 2 is 2.00 bits per heavy atom. The van der Waals surface area contributed by atoms with Crippen LogP contribution >= 0.6 is 0 Å². The van der Waals surface area contributed by atoms with Crippen LogP contribution < -0.4 is 5.56 Å². The zero-order valence-corrected chi connectivity index (χ0v) is 8.37. The van der Waals surface area contributed by atoms with E-state index in [1.165, 1.54) is 12.1 Å². The van der Waals surface area contributed by atoms with Gasteiger partial charge in [0.2, 0.25) is 0 Å². The van der Waals surface area contributed by atoms with Gasteiger partial charge in [0.15, 0.2) is 0 Å². The summed E-state index contributed by atoms with van der Waals surface area (Å²) in [6.45, 7) is 1.62. The number of aromatic nitrogens is 1. The summed E-state index contributed by atoms with van der Waals surface area (Å²) < 4.78 is 13.1. The maximum Gasteiger partial charge on any atom is 0.352 e. The molecule has 0 radical (unpaired) electrons. The van der Waals surface area contributed by atoms with Crippen LogP contribution in [0.5, 0.6) is 0 Å². The lowest BCUT2D eigenvalue weighted by Crippen LogP contribution is -2.13. The van der Waals surface area contributed by atoms with Crippen molar-refractivity contribution in [1.29, 1.82) is 0 Å². The number of aromatic carboxylic acids is 1. The summed E-state index contributed by atoms with van der Waals surface area (Å²) in [6.07, 6.45) is 0. The van der Waals surface area contributed by atoms with E-state index in [2.05, 4.69) is 4.98 Å². The molecule has 1 aromatic carbocycles. The molecule has 16 heavy (non-hydrogen) atoms. The molecule has 0 fully saturated rings. The number of aromatic amines is 1. The average molecular weight is 221 g/mol. The second kappa shape index (κ2) is 3.44. The minimum Gasteiger partial charge on any atom is -0.477 e. The summed E-state index contributed by atoms with van der Waals surface area (Å²) in [6, 6.07) is 3.67. The van der Waals surface area contributed by atoms with Gasteiger partial charge in [-0.25, -0.2) is 9.18 Å². The second-order valence-corrected chi connectivity index (χ2v) is 3.50. The molecule has 2 rings (SSSR count). The zero-order valence-electron chi connectivity index (χ0n) is 8.37. The summed E-state index contributed by atoms with van der Waals surface area (Å²) in [5.74, 6) is -1.73. The molecule has 1 aromatic heterocycles. The van der Waals surface area contributed by atoms with Gasteiger partial charge in [-0.05, 0) is 36.1 Å². The van der Waals surface area contributed by atoms with Crippen LogP contribution in [0.15, 0.2) is 23.0 Å². The van der Waals surface area contributed by atoms with Gasteiger partial charge < -0.3 is 10.1 Å². The molecule has 0 aliphatic heterocycles. The Hall–Kier alpha value is -2.17. The number of carbonyl (C=O) groups is 1. The minimum atomic E-state index is -1.22. The SMILES string of the molecule is Cc1cc(F)cc2c(=O)[nH]c(C(=O)O)cc12. The van der Waals surface area contributed by atoms with Crippen LogP contribution in [0, 0.1) is 12.7 Å². The van der Waals surface area contributed by atoms with Gasteiger partial charge in [-0.2, -0.15) is 0 Å². The standard InChI is InChI=1S/C11H8FNO3/c1-5-2-6(12)3-8-7(5)4-9(11(15)16)13-10(8)14/h2-4H,1H3,(H,13,14)(H,15,16). The Kier molecular flexibility index (Phi) is 2.23. The molecule has 1 heterocycles. The average Bonchev–Trinajstić information content (AvgIpc) is 2.19. The van der Waals surface area contributed by atoms with Crippen molar-refractivity contribution in [2.24, 2.45) is 0 Å². The van der Waals surface area contributed by atoms with Gasteiger partial charge in [0.05, 0.1) is 5.39 Å². The van der Waals surface area contributed by atoms with Crippen molar-refractivity contribution in [3.63, 3.8) is 0 Å². The van der Waals surface area contributed by atoms with E-state index in [9.17, 15) is 14.0 Å². The van der Waals surface area contributed by atoms with Crippen molar-refractivity contribution in [2.75, 3.05) is 0 Å². The molecule has 0 saturated carbocycles. The Morgan fingerprint density at radius 3 is 2.62 bits per heavy atom. The van der Waals surface area contributed by atoms with Gasteiger partial charge in [0.1, 0.15) is 11.5 Å². The Balaban J connectivity index is 2.93. The van der Waals surface area contributed by atoms with Gasteiger partial charge in [0.25, 0.3) is 5.56 Å². The first-order valence-electron chi connectivity index (χ1n) is 4.55. The molecule has 0 aliphatic carbocycles. The van der Waals surface area contributed by atoms with Crippen molar-refractivity contribution in [1.82, 2.24) is 4.98 Å². The van der Waals surface area contributed by atoms with E-state index in [0.29, 0.717) is 10.9 Å². The summed E-state index contributed by atoms with van der Waals surface area (Å²) in [5, 5.41) is 9.37. The van der Waals surface area contributed by atoms with Gasteiger partial charge in [-0.3, -0.25) is 4.79 Å². The number of hydrogen-bond acceptors (Lipinski definition) is 2. The highest BCUT2D eigenvalue weighted by molar-refractivity contribution is 5.93. The molecule has 0 saturated heterocycles. The smallest absolute Gasteiger partial charge is 0.352 e. The van der Waals surface area contributed by atoms with Crippen molar-refractivity contribution in [2.45, 2.75) is 6.92 Å². The van der Waals surface area contributed by atoms with Crippen LogP contribution in [0.1, 0.15) is 16.1 Å². The van der Waals surface area contributed by atoms with Crippen LogP contribution in [0.25, 0.3) is 10.8 Å². The number of benzene rings is 1. The summed E-state index contributed by atoms with van der Waals surface area (Å²) in [4.78, 5) is 24.4. The Morgan fingerprint density at radius 1 is 1.31 bits per heavy atom. The molecule has 4 nitrogen and oxygen atoms in total. The van der Waals surface area contributed by atoms with Crippen molar-refractivity contribution >= 4 is 16.7 Å². The fourth-order valence-corrected chi connectivity index (χ4v) is 1.62. The molecule has 82 valence electrons. The highest BCUT2D eigenvalue weighted by Crippen LogP contribution is 2.17. The Labute approximate surface area is 89.3 Å². The number of aryl methyl sites for hydroxylation is 1. The molecule has 0 bridgehead atoms. The van der Waals surface area contributed by atoms with Crippen LogP contribution in [0.3, 0.4) is 0 Å². The molecule has 0 amide bonds. The fraction of sp³-hybridized carbons (Fsp3) is 0.0909. The molecular weight excluding hydrogens is 213 g/mol. The van der Waals surface area contributed by atoms with Gasteiger partial charge in [-0.1, -0.05) is 0 Å². The summed E-state index contributed by atoms with van der Waals surface area (Å²) in [5.41, 5.74) is -0.270. The van der Waals surface area contributed by atoms with Crippen LogP contribution in [-0.2, 0) is 0 Å². The number of rotatable bonds is 1. The van der Waals surface area contributed by atoms with Crippen LogP contribution in [-0.4, -0.2) is 16.1 Å². The third kappa shape index (κ3) is 1.56. The largest absolute Gasteiger partial charge is 0.477 e.